The molecule has 2 aromatic heterocycles. The van der Waals surface area contributed by atoms with Crippen molar-refractivity contribution in [2.75, 3.05) is 11.4 Å². The topological polar surface area (TPSA) is 72.1 Å². The Hall–Kier alpha value is -3.73. The Balaban J connectivity index is 1.45. The van der Waals surface area contributed by atoms with Gasteiger partial charge in [-0.05, 0) is 65.9 Å². The first-order valence-corrected chi connectivity index (χ1v) is 9.67. The van der Waals surface area contributed by atoms with Crippen molar-refractivity contribution in [2.45, 2.75) is 12.8 Å². The second-order valence-electron chi connectivity index (χ2n) is 7.30. The molecule has 1 amide bonds. The molecule has 0 fully saturated rings. The van der Waals surface area contributed by atoms with Crippen LogP contribution in [0.1, 0.15) is 27.0 Å². The van der Waals surface area contributed by atoms with Crippen molar-refractivity contribution in [3.8, 4) is 0 Å². The Morgan fingerprint density at radius 2 is 1.90 bits per heavy atom. The molecule has 0 bridgehead atoms. The van der Waals surface area contributed by atoms with E-state index in [1.807, 2.05) is 48.8 Å². The molecule has 29 heavy (non-hydrogen) atoms. The maximum atomic E-state index is 11.7. The monoisotopic (exact) mass is 380 g/mol. The number of rotatable bonds is 4. The van der Waals surface area contributed by atoms with Crippen molar-refractivity contribution in [1.29, 1.82) is 0 Å². The number of hydrogen-bond donors (Lipinski definition) is 1. The molecule has 0 radical (unpaired) electrons. The molecule has 0 spiro atoms. The Labute approximate surface area is 168 Å². The molecular formula is C24H20N4O. The summed E-state index contributed by atoms with van der Waals surface area (Å²) < 4.78 is 0. The Bertz CT molecular complexity index is 1230. The molecule has 0 unspecified atom stereocenters. The number of anilines is 2. The van der Waals surface area contributed by atoms with Gasteiger partial charge in [0.2, 0.25) is 5.91 Å². The summed E-state index contributed by atoms with van der Waals surface area (Å²) in [7, 11) is 0. The first-order chi connectivity index (χ1) is 14.2. The number of carbonyl (C=O) groups is 1. The maximum Gasteiger partial charge on any atom is 0.249 e. The summed E-state index contributed by atoms with van der Waals surface area (Å²) in [6, 6.07) is 20.2. The zero-order chi connectivity index (χ0) is 19.8. The van der Waals surface area contributed by atoms with Crippen LogP contribution < -0.4 is 10.6 Å². The van der Waals surface area contributed by atoms with E-state index in [4.69, 9.17) is 5.73 Å². The number of nitrogens with zero attached hydrogens (tertiary/aromatic N) is 3. The van der Waals surface area contributed by atoms with Crippen LogP contribution >= 0.6 is 0 Å². The molecule has 0 saturated heterocycles. The minimum Gasteiger partial charge on any atom is -0.366 e. The minimum atomic E-state index is -0.380. The summed E-state index contributed by atoms with van der Waals surface area (Å²) in [6.07, 6.45) is 5.35. The molecule has 5 rings (SSSR count). The van der Waals surface area contributed by atoms with Gasteiger partial charge < -0.3 is 10.6 Å². The van der Waals surface area contributed by atoms with Crippen molar-refractivity contribution in [3.05, 3.63) is 95.3 Å². The molecule has 2 aromatic carbocycles. The Kier molecular flexibility index (Phi) is 4.21. The van der Waals surface area contributed by atoms with Crippen LogP contribution in [0.5, 0.6) is 0 Å². The number of carbonyl (C=O) groups excluding carboxylic acids is 1. The fourth-order valence-electron chi connectivity index (χ4n) is 4.07. The van der Waals surface area contributed by atoms with Gasteiger partial charge in [0.25, 0.3) is 0 Å². The molecule has 0 atom stereocenters. The van der Waals surface area contributed by atoms with E-state index >= 15 is 0 Å². The SMILES string of the molecule is NC(=O)c1cccc2c1CCN2c1cc(Cc2cnc3ccccc3c2)ccn1. The van der Waals surface area contributed by atoms with Gasteiger partial charge in [-0.15, -0.1) is 0 Å². The lowest BCUT2D eigenvalue weighted by molar-refractivity contribution is 0.0999. The second kappa shape index (κ2) is 7.02. The van der Waals surface area contributed by atoms with Crippen LogP contribution in [0.15, 0.2) is 73.1 Å². The van der Waals surface area contributed by atoms with Crippen LogP contribution in [0.2, 0.25) is 0 Å². The fourth-order valence-corrected chi connectivity index (χ4v) is 4.07. The zero-order valence-electron chi connectivity index (χ0n) is 15.9. The van der Waals surface area contributed by atoms with Crippen LogP contribution in [0.3, 0.4) is 0 Å². The third-order valence-corrected chi connectivity index (χ3v) is 5.43. The number of pyridine rings is 2. The van der Waals surface area contributed by atoms with Gasteiger partial charge in [0, 0.05) is 35.6 Å². The lowest BCUT2D eigenvalue weighted by atomic mass is 10.0. The molecule has 4 aromatic rings. The molecule has 5 nitrogen and oxygen atoms in total. The third-order valence-electron chi connectivity index (χ3n) is 5.43. The van der Waals surface area contributed by atoms with Crippen molar-refractivity contribution in [1.82, 2.24) is 9.97 Å². The summed E-state index contributed by atoms with van der Waals surface area (Å²) in [5, 5.41) is 1.15. The summed E-state index contributed by atoms with van der Waals surface area (Å²) >= 11 is 0. The average molecular weight is 380 g/mol. The molecule has 3 heterocycles. The van der Waals surface area contributed by atoms with Gasteiger partial charge in [0.15, 0.2) is 0 Å². The predicted molar refractivity (Wildman–Crippen MR) is 114 cm³/mol. The molecule has 1 aliphatic heterocycles. The number of amides is 1. The highest BCUT2D eigenvalue weighted by atomic mass is 16.1. The summed E-state index contributed by atoms with van der Waals surface area (Å²) in [4.78, 5) is 23.0. The van der Waals surface area contributed by atoms with E-state index < -0.39 is 0 Å². The van der Waals surface area contributed by atoms with Crippen LogP contribution in [0, 0.1) is 0 Å². The highest BCUT2D eigenvalue weighted by molar-refractivity contribution is 5.96. The van der Waals surface area contributed by atoms with E-state index in [0.29, 0.717) is 5.56 Å². The van der Waals surface area contributed by atoms with Crippen LogP contribution in [-0.2, 0) is 12.8 Å². The van der Waals surface area contributed by atoms with Gasteiger partial charge in [-0.1, -0.05) is 24.3 Å². The first kappa shape index (κ1) is 17.4. The Morgan fingerprint density at radius 3 is 2.79 bits per heavy atom. The van der Waals surface area contributed by atoms with Gasteiger partial charge in [0.1, 0.15) is 5.82 Å². The van der Waals surface area contributed by atoms with Gasteiger partial charge >= 0.3 is 0 Å². The van der Waals surface area contributed by atoms with Gasteiger partial charge in [0.05, 0.1) is 5.52 Å². The maximum absolute atomic E-state index is 11.7. The van der Waals surface area contributed by atoms with E-state index in [-0.39, 0.29) is 5.91 Å². The van der Waals surface area contributed by atoms with Gasteiger partial charge in [-0.25, -0.2) is 4.98 Å². The number of fused-ring (bicyclic) bond motifs is 2. The average Bonchev–Trinajstić information content (AvgIpc) is 3.18. The number of hydrogen-bond acceptors (Lipinski definition) is 4. The summed E-state index contributed by atoms with van der Waals surface area (Å²) in [5.41, 5.74) is 11.5. The molecule has 5 heteroatoms. The number of primary amides is 1. The molecule has 142 valence electrons. The van der Waals surface area contributed by atoms with E-state index in [1.54, 1.807) is 6.07 Å². The third kappa shape index (κ3) is 3.21. The summed E-state index contributed by atoms with van der Waals surface area (Å²) in [6.45, 7) is 0.785. The van der Waals surface area contributed by atoms with E-state index in [2.05, 4.69) is 33.1 Å². The standard InChI is InChI=1S/C24H20N4O/c25-24(29)20-5-3-7-22-19(20)9-11-28(22)23-14-16(8-10-26-23)12-17-13-18-4-1-2-6-21(18)27-15-17/h1-8,10,13-15H,9,11-12H2,(H2,25,29). The van der Waals surface area contributed by atoms with E-state index in [1.165, 1.54) is 11.1 Å². The summed E-state index contributed by atoms with van der Waals surface area (Å²) in [5.74, 6) is 0.505. The van der Waals surface area contributed by atoms with Gasteiger partial charge in [-0.3, -0.25) is 9.78 Å². The van der Waals surface area contributed by atoms with E-state index in [9.17, 15) is 4.79 Å². The lowest BCUT2D eigenvalue weighted by Crippen LogP contribution is -2.15. The number of para-hydroxylation sites is 1. The Morgan fingerprint density at radius 1 is 1.00 bits per heavy atom. The lowest BCUT2D eigenvalue weighted by Gasteiger charge is -2.19. The van der Waals surface area contributed by atoms with Crippen LogP contribution in [0.25, 0.3) is 10.9 Å². The van der Waals surface area contributed by atoms with Gasteiger partial charge in [-0.2, -0.15) is 0 Å². The number of benzene rings is 2. The zero-order valence-corrected chi connectivity index (χ0v) is 15.9. The predicted octanol–water partition coefficient (Wildman–Crippen LogP) is 4.01. The van der Waals surface area contributed by atoms with Crippen molar-refractivity contribution >= 4 is 28.3 Å². The molecule has 0 aliphatic carbocycles. The highest BCUT2D eigenvalue weighted by Gasteiger charge is 2.25. The van der Waals surface area contributed by atoms with Crippen molar-refractivity contribution in [2.24, 2.45) is 5.73 Å². The quantitative estimate of drug-likeness (QED) is 0.581. The molecule has 1 aliphatic rings. The minimum absolute atomic E-state index is 0.380. The molecular weight excluding hydrogens is 360 g/mol. The number of aromatic nitrogens is 2. The van der Waals surface area contributed by atoms with Crippen LogP contribution in [-0.4, -0.2) is 22.4 Å². The fraction of sp³-hybridized carbons (Fsp3) is 0.125. The number of nitrogens with two attached hydrogens (primary N) is 1. The second-order valence-corrected chi connectivity index (χ2v) is 7.30. The highest BCUT2D eigenvalue weighted by Crippen LogP contribution is 2.35. The van der Waals surface area contributed by atoms with Crippen molar-refractivity contribution < 1.29 is 4.79 Å². The smallest absolute Gasteiger partial charge is 0.249 e. The normalized spacial score (nSPS) is 12.9. The van der Waals surface area contributed by atoms with Crippen molar-refractivity contribution in [3.63, 3.8) is 0 Å². The first-order valence-electron chi connectivity index (χ1n) is 9.67. The largest absolute Gasteiger partial charge is 0.366 e. The molecule has 0 saturated carbocycles. The van der Waals surface area contributed by atoms with E-state index in [0.717, 1.165) is 47.4 Å². The van der Waals surface area contributed by atoms with Crippen LogP contribution in [0.4, 0.5) is 11.5 Å². The molecule has 2 N–H and O–H groups in total.